The van der Waals surface area contributed by atoms with Crippen molar-refractivity contribution in [2.45, 2.75) is 31.1 Å². The lowest BCUT2D eigenvalue weighted by atomic mass is 9.79. The molecule has 0 unspecified atom stereocenters. The molecule has 0 radical (unpaired) electrons. The van der Waals surface area contributed by atoms with Crippen molar-refractivity contribution in [3.05, 3.63) is 70.1 Å². The van der Waals surface area contributed by atoms with Crippen molar-refractivity contribution in [3.8, 4) is 0 Å². The van der Waals surface area contributed by atoms with Crippen LogP contribution in [0.25, 0.3) is 0 Å². The maximum Gasteiger partial charge on any atom is 0.252 e. The molecule has 1 heterocycles. The number of hydrogen-bond donors (Lipinski definition) is 2. The second kappa shape index (κ2) is 6.18. The lowest BCUT2D eigenvalue weighted by Crippen LogP contribution is -2.39. The van der Waals surface area contributed by atoms with Crippen LogP contribution in [0.3, 0.4) is 0 Å². The maximum absolute atomic E-state index is 12.3. The third-order valence-corrected chi connectivity index (χ3v) is 4.58. The Labute approximate surface area is 129 Å². The van der Waals surface area contributed by atoms with E-state index in [1.54, 1.807) is 6.07 Å². The molecule has 2 aromatic rings. The van der Waals surface area contributed by atoms with Crippen molar-refractivity contribution in [2.75, 3.05) is 6.54 Å². The Morgan fingerprint density at radius 2 is 1.82 bits per heavy atom. The number of aromatic nitrogens is 1. The second-order valence-corrected chi connectivity index (χ2v) is 5.98. The molecule has 22 heavy (non-hydrogen) atoms. The van der Waals surface area contributed by atoms with Crippen LogP contribution in [0.2, 0.25) is 0 Å². The molecule has 1 saturated carbocycles. The molecule has 1 aromatic carbocycles. The minimum atomic E-state index is -0.201. The van der Waals surface area contributed by atoms with Crippen LogP contribution in [0.15, 0.2) is 53.5 Å². The van der Waals surface area contributed by atoms with Gasteiger partial charge in [-0.05, 0) is 24.5 Å². The highest BCUT2D eigenvalue weighted by molar-refractivity contribution is 5.93. The van der Waals surface area contributed by atoms with E-state index in [9.17, 15) is 9.59 Å². The molecular formula is C18H20N2O2. The molecule has 3 rings (SSSR count). The number of nitrogens with one attached hydrogen (secondary N) is 2. The number of pyridine rings is 1. The van der Waals surface area contributed by atoms with Crippen LogP contribution in [0.1, 0.15) is 41.6 Å². The molecule has 4 nitrogen and oxygen atoms in total. The van der Waals surface area contributed by atoms with Crippen molar-refractivity contribution in [3.63, 3.8) is 0 Å². The van der Waals surface area contributed by atoms with Crippen molar-refractivity contribution in [1.29, 1.82) is 0 Å². The highest BCUT2D eigenvalue weighted by Crippen LogP contribution is 2.40. The van der Waals surface area contributed by atoms with Gasteiger partial charge in [0, 0.05) is 24.2 Å². The summed E-state index contributed by atoms with van der Waals surface area (Å²) in [5.41, 5.74) is 1.63. The Morgan fingerprint density at radius 3 is 2.45 bits per heavy atom. The fraction of sp³-hybridized carbons (Fsp3) is 0.333. The van der Waals surface area contributed by atoms with E-state index in [1.165, 1.54) is 30.7 Å². The average molecular weight is 296 g/mol. The molecule has 0 atom stereocenters. The Balaban J connectivity index is 1.74. The van der Waals surface area contributed by atoms with Crippen LogP contribution >= 0.6 is 0 Å². The number of H-pyrrole nitrogens is 1. The third kappa shape index (κ3) is 2.96. The first kappa shape index (κ1) is 14.6. The molecule has 0 saturated heterocycles. The second-order valence-electron chi connectivity index (χ2n) is 5.98. The average Bonchev–Trinajstić information content (AvgIpc) is 3.04. The van der Waals surface area contributed by atoms with Crippen molar-refractivity contribution < 1.29 is 4.79 Å². The molecule has 0 spiro atoms. The van der Waals surface area contributed by atoms with Gasteiger partial charge in [-0.2, -0.15) is 0 Å². The molecule has 1 amide bonds. The monoisotopic (exact) mass is 296 g/mol. The van der Waals surface area contributed by atoms with E-state index in [0.717, 1.165) is 12.8 Å². The number of rotatable bonds is 4. The molecule has 2 N–H and O–H groups in total. The zero-order valence-electron chi connectivity index (χ0n) is 12.5. The van der Waals surface area contributed by atoms with E-state index in [1.807, 2.05) is 6.07 Å². The predicted octanol–water partition coefficient (Wildman–Crippen LogP) is 2.62. The summed E-state index contributed by atoms with van der Waals surface area (Å²) >= 11 is 0. The van der Waals surface area contributed by atoms with E-state index in [0.29, 0.717) is 12.1 Å². The van der Waals surface area contributed by atoms with E-state index in [4.69, 9.17) is 0 Å². The van der Waals surface area contributed by atoms with Crippen LogP contribution in [0.5, 0.6) is 0 Å². The Bertz CT molecular complexity index is 680. The fourth-order valence-corrected chi connectivity index (χ4v) is 3.31. The van der Waals surface area contributed by atoms with Gasteiger partial charge in [0.05, 0.1) is 5.56 Å². The van der Waals surface area contributed by atoms with Crippen molar-refractivity contribution in [1.82, 2.24) is 10.3 Å². The van der Waals surface area contributed by atoms with Crippen LogP contribution in [-0.4, -0.2) is 17.4 Å². The first-order valence-electron chi connectivity index (χ1n) is 7.72. The van der Waals surface area contributed by atoms with Crippen LogP contribution in [-0.2, 0) is 5.41 Å². The summed E-state index contributed by atoms with van der Waals surface area (Å²) < 4.78 is 0. The summed E-state index contributed by atoms with van der Waals surface area (Å²) in [5, 5.41) is 3.04. The molecule has 0 bridgehead atoms. The number of carbonyl (C=O) groups excluding carboxylic acids is 1. The number of hydrogen-bond acceptors (Lipinski definition) is 2. The van der Waals surface area contributed by atoms with Crippen molar-refractivity contribution >= 4 is 5.91 Å². The summed E-state index contributed by atoms with van der Waals surface area (Å²) in [7, 11) is 0. The zero-order chi connectivity index (χ0) is 15.4. The predicted molar refractivity (Wildman–Crippen MR) is 86.0 cm³/mol. The molecule has 4 heteroatoms. The van der Waals surface area contributed by atoms with Crippen molar-refractivity contribution in [2.24, 2.45) is 0 Å². The first-order valence-corrected chi connectivity index (χ1v) is 7.72. The normalized spacial score (nSPS) is 16.4. The van der Waals surface area contributed by atoms with Gasteiger partial charge in [0.15, 0.2) is 0 Å². The molecule has 1 aromatic heterocycles. The van der Waals surface area contributed by atoms with Gasteiger partial charge in [-0.25, -0.2) is 0 Å². The highest BCUT2D eigenvalue weighted by Gasteiger charge is 2.35. The van der Waals surface area contributed by atoms with Gasteiger partial charge in [-0.3, -0.25) is 9.59 Å². The summed E-state index contributed by atoms with van der Waals surface area (Å²) in [5.74, 6) is -0.140. The standard InChI is InChI=1S/C18H20N2O2/c21-16-9-8-14(12-19-16)17(22)20-13-18(10-4-5-11-18)15-6-2-1-3-7-15/h1-3,6-9,12H,4-5,10-11,13H2,(H,19,21)(H,20,22). The molecule has 114 valence electrons. The summed E-state index contributed by atoms with van der Waals surface area (Å²) in [6, 6.07) is 13.4. The van der Waals surface area contributed by atoms with Gasteiger partial charge in [0.25, 0.3) is 5.91 Å². The fourth-order valence-electron chi connectivity index (χ4n) is 3.31. The first-order chi connectivity index (χ1) is 10.7. The van der Waals surface area contributed by atoms with E-state index < -0.39 is 0 Å². The number of amides is 1. The van der Waals surface area contributed by atoms with Gasteiger partial charge < -0.3 is 10.3 Å². The molecule has 1 aliphatic carbocycles. The third-order valence-electron chi connectivity index (χ3n) is 4.58. The molecule has 1 aliphatic rings. The number of carbonyl (C=O) groups is 1. The minimum absolute atomic E-state index is 0.0408. The largest absolute Gasteiger partial charge is 0.351 e. The Hall–Kier alpha value is -2.36. The van der Waals surface area contributed by atoms with Crippen LogP contribution < -0.4 is 10.9 Å². The lowest BCUT2D eigenvalue weighted by Gasteiger charge is -2.30. The minimum Gasteiger partial charge on any atom is -0.351 e. The van der Waals surface area contributed by atoms with Gasteiger partial charge in [-0.15, -0.1) is 0 Å². The molecule has 1 fully saturated rings. The van der Waals surface area contributed by atoms with Gasteiger partial charge >= 0.3 is 0 Å². The Morgan fingerprint density at radius 1 is 1.09 bits per heavy atom. The van der Waals surface area contributed by atoms with Crippen LogP contribution in [0.4, 0.5) is 0 Å². The molecule has 0 aliphatic heterocycles. The van der Waals surface area contributed by atoms with E-state index >= 15 is 0 Å². The quantitative estimate of drug-likeness (QED) is 0.911. The maximum atomic E-state index is 12.3. The van der Waals surface area contributed by atoms with Crippen LogP contribution in [0, 0.1) is 0 Å². The van der Waals surface area contributed by atoms with E-state index in [-0.39, 0.29) is 16.9 Å². The number of benzene rings is 1. The van der Waals surface area contributed by atoms with Gasteiger partial charge in [-0.1, -0.05) is 43.2 Å². The van der Waals surface area contributed by atoms with Gasteiger partial charge in [0.2, 0.25) is 5.56 Å². The summed E-state index contributed by atoms with van der Waals surface area (Å²) in [4.78, 5) is 25.8. The SMILES string of the molecule is O=C(NCC1(c2ccccc2)CCCC1)c1ccc(=O)[nH]c1. The zero-order valence-corrected chi connectivity index (χ0v) is 12.5. The Kier molecular flexibility index (Phi) is 4.09. The number of aromatic amines is 1. The smallest absolute Gasteiger partial charge is 0.252 e. The summed E-state index contributed by atoms with van der Waals surface area (Å²) in [6.45, 7) is 0.634. The highest BCUT2D eigenvalue weighted by atomic mass is 16.1. The van der Waals surface area contributed by atoms with E-state index in [2.05, 4.69) is 34.6 Å². The summed E-state index contributed by atoms with van der Waals surface area (Å²) in [6.07, 6.45) is 6.06. The molecular weight excluding hydrogens is 276 g/mol. The lowest BCUT2D eigenvalue weighted by molar-refractivity contribution is 0.0942. The topological polar surface area (TPSA) is 62.0 Å². The van der Waals surface area contributed by atoms with Gasteiger partial charge in [0.1, 0.15) is 0 Å².